The first kappa shape index (κ1) is 11.7. The van der Waals surface area contributed by atoms with Crippen molar-refractivity contribution in [2.45, 2.75) is 39.2 Å². The number of carbonyl (C=O) groups excluding carboxylic acids is 1. The quantitative estimate of drug-likeness (QED) is 0.727. The molecule has 14 heavy (non-hydrogen) atoms. The van der Waals surface area contributed by atoms with Crippen molar-refractivity contribution in [2.24, 2.45) is 17.6 Å². The zero-order valence-corrected chi connectivity index (χ0v) is 9.16. The number of Topliss-reactive ketones (excluding diaryl/α,β-unsaturated/α-hetero) is 1. The monoisotopic (exact) mass is 199 g/mol. The molecule has 2 atom stereocenters. The summed E-state index contributed by atoms with van der Waals surface area (Å²) in [5.74, 6) is 0.809. The lowest BCUT2D eigenvalue weighted by Crippen LogP contribution is -2.28. The summed E-state index contributed by atoms with van der Waals surface area (Å²) in [5, 5.41) is 0. The Hall–Kier alpha value is -0.410. The molecule has 1 aliphatic carbocycles. The summed E-state index contributed by atoms with van der Waals surface area (Å²) in [5.41, 5.74) is 5.62. The second kappa shape index (κ2) is 5.47. The van der Waals surface area contributed by atoms with Gasteiger partial charge in [0.1, 0.15) is 6.61 Å². The molecule has 0 spiro atoms. The van der Waals surface area contributed by atoms with Crippen LogP contribution in [0.5, 0.6) is 0 Å². The Morgan fingerprint density at radius 3 is 2.79 bits per heavy atom. The van der Waals surface area contributed by atoms with E-state index in [1.807, 2.05) is 13.8 Å². The van der Waals surface area contributed by atoms with E-state index in [9.17, 15) is 4.79 Å². The summed E-state index contributed by atoms with van der Waals surface area (Å²) in [6.07, 6.45) is 3.38. The maximum Gasteiger partial charge on any atom is 0.161 e. The highest BCUT2D eigenvalue weighted by Gasteiger charge is 2.31. The molecule has 1 aliphatic rings. The summed E-state index contributed by atoms with van der Waals surface area (Å²) in [7, 11) is 0. The summed E-state index contributed by atoms with van der Waals surface area (Å²) in [4.78, 5) is 11.7. The highest BCUT2D eigenvalue weighted by atomic mass is 16.5. The molecular weight excluding hydrogens is 178 g/mol. The Balaban J connectivity index is 2.35. The molecule has 0 radical (unpaired) electrons. The molecule has 0 amide bonds. The molecule has 1 fully saturated rings. The van der Waals surface area contributed by atoms with Gasteiger partial charge in [-0.25, -0.2) is 0 Å². The Morgan fingerprint density at radius 1 is 1.50 bits per heavy atom. The summed E-state index contributed by atoms with van der Waals surface area (Å²) in [6, 6.07) is 0. The van der Waals surface area contributed by atoms with E-state index in [-0.39, 0.29) is 24.4 Å². The first-order chi connectivity index (χ1) is 6.65. The fourth-order valence-electron chi connectivity index (χ4n) is 2.10. The Bertz CT molecular complexity index is 192. The Morgan fingerprint density at radius 2 is 2.21 bits per heavy atom. The normalized spacial score (nSPS) is 27.1. The minimum absolute atomic E-state index is 0.136. The van der Waals surface area contributed by atoms with Crippen molar-refractivity contribution in [1.82, 2.24) is 0 Å². The molecule has 82 valence electrons. The molecule has 0 aromatic heterocycles. The number of rotatable bonds is 5. The van der Waals surface area contributed by atoms with Crippen LogP contribution in [0.3, 0.4) is 0 Å². The number of ketones is 1. The zero-order chi connectivity index (χ0) is 10.6. The predicted octanol–water partition coefficient (Wildman–Crippen LogP) is 1.36. The molecule has 0 aliphatic heterocycles. The smallest absolute Gasteiger partial charge is 0.161 e. The molecule has 0 aromatic carbocycles. The van der Waals surface area contributed by atoms with Gasteiger partial charge in [-0.3, -0.25) is 4.79 Å². The highest BCUT2D eigenvalue weighted by molar-refractivity contribution is 5.82. The van der Waals surface area contributed by atoms with Crippen LogP contribution in [0.1, 0.15) is 33.1 Å². The van der Waals surface area contributed by atoms with Gasteiger partial charge in [-0.15, -0.1) is 0 Å². The first-order valence-electron chi connectivity index (χ1n) is 5.49. The van der Waals surface area contributed by atoms with Gasteiger partial charge in [-0.2, -0.15) is 0 Å². The van der Waals surface area contributed by atoms with Crippen molar-refractivity contribution in [3.63, 3.8) is 0 Å². The molecule has 2 N–H and O–H groups in total. The number of hydrogen-bond acceptors (Lipinski definition) is 3. The molecule has 0 aromatic rings. The maximum atomic E-state index is 11.7. The molecule has 0 saturated heterocycles. The van der Waals surface area contributed by atoms with Crippen LogP contribution in [0.4, 0.5) is 0 Å². The molecule has 3 heteroatoms. The van der Waals surface area contributed by atoms with Crippen molar-refractivity contribution >= 4 is 5.78 Å². The average molecular weight is 199 g/mol. The molecule has 2 unspecified atom stereocenters. The average Bonchev–Trinajstić information content (AvgIpc) is 2.61. The lowest BCUT2D eigenvalue weighted by Gasteiger charge is -2.17. The summed E-state index contributed by atoms with van der Waals surface area (Å²) in [6.45, 7) is 4.79. The number of hydrogen-bond donors (Lipinski definition) is 1. The van der Waals surface area contributed by atoms with Crippen LogP contribution in [-0.4, -0.2) is 25.0 Å². The fraction of sp³-hybridized carbons (Fsp3) is 0.909. The number of carbonyl (C=O) groups is 1. The SMILES string of the molecule is CC(C)OCC(=O)C1CCCC1CN. The van der Waals surface area contributed by atoms with Gasteiger partial charge in [0, 0.05) is 5.92 Å². The first-order valence-corrected chi connectivity index (χ1v) is 5.49. The molecule has 3 nitrogen and oxygen atoms in total. The maximum absolute atomic E-state index is 11.7. The van der Waals surface area contributed by atoms with Crippen molar-refractivity contribution in [2.75, 3.05) is 13.2 Å². The third-order valence-corrected chi connectivity index (χ3v) is 2.93. The second-order valence-corrected chi connectivity index (χ2v) is 4.36. The van der Waals surface area contributed by atoms with Crippen LogP contribution in [0, 0.1) is 11.8 Å². The van der Waals surface area contributed by atoms with Gasteiger partial charge < -0.3 is 10.5 Å². The molecule has 1 rings (SSSR count). The lowest BCUT2D eigenvalue weighted by molar-refractivity contribution is -0.129. The zero-order valence-electron chi connectivity index (χ0n) is 9.16. The van der Waals surface area contributed by atoms with Gasteiger partial charge in [-0.05, 0) is 39.2 Å². The van der Waals surface area contributed by atoms with Crippen molar-refractivity contribution < 1.29 is 9.53 Å². The van der Waals surface area contributed by atoms with E-state index >= 15 is 0 Å². The van der Waals surface area contributed by atoms with Crippen LogP contribution in [-0.2, 0) is 9.53 Å². The summed E-state index contributed by atoms with van der Waals surface area (Å²) >= 11 is 0. The van der Waals surface area contributed by atoms with Crippen LogP contribution in [0.2, 0.25) is 0 Å². The van der Waals surface area contributed by atoms with Gasteiger partial charge in [0.25, 0.3) is 0 Å². The molecule has 0 heterocycles. The van der Waals surface area contributed by atoms with E-state index in [1.54, 1.807) is 0 Å². The summed E-state index contributed by atoms with van der Waals surface area (Å²) < 4.78 is 5.32. The van der Waals surface area contributed by atoms with Crippen molar-refractivity contribution in [3.8, 4) is 0 Å². The highest BCUT2D eigenvalue weighted by Crippen LogP contribution is 2.31. The van der Waals surface area contributed by atoms with E-state index in [1.165, 1.54) is 0 Å². The third kappa shape index (κ3) is 3.07. The van der Waals surface area contributed by atoms with E-state index in [0.717, 1.165) is 19.3 Å². The van der Waals surface area contributed by atoms with Gasteiger partial charge in [0.2, 0.25) is 0 Å². The minimum atomic E-state index is 0.136. The van der Waals surface area contributed by atoms with Crippen LogP contribution < -0.4 is 5.73 Å². The van der Waals surface area contributed by atoms with E-state index < -0.39 is 0 Å². The third-order valence-electron chi connectivity index (χ3n) is 2.93. The lowest BCUT2D eigenvalue weighted by atomic mass is 9.92. The van der Waals surface area contributed by atoms with E-state index in [2.05, 4.69) is 0 Å². The van der Waals surface area contributed by atoms with Crippen molar-refractivity contribution in [3.05, 3.63) is 0 Å². The van der Waals surface area contributed by atoms with Crippen LogP contribution in [0.25, 0.3) is 0 Å². The standard InChI is InChI=1S/C11H21NO2/c1-8(2)14-7-11(13)10-5-3-4-9(10)6-12/h8-10H,3-7,12H2,1-2H3. The topological polar surface area (TPSA) is 52.3 Å². The van der Waals surface area contributed by atoms with Gasteiger partial charge in [-0.1, -0.05) is 6.42 Å². The number of ether oxygens (including phenoxy) is 1. The van der Waals surface area contributed by atoms with Crippen LogP contribution >= 0.6 is 0 Å². The van der Waals surface area contributed by atoms with Crippen molar-refractivity contribution in [1.29, 1.82) is 0 Å². The second-order valence-electron chi connectivity index (χ2n) is 4.36. The predicted molar refractivity (Wildman–Crippen MR) is 56.0 cm³/mol. The Kier molecular flexibility index (Phi) is 4.55. The van der Waals surface area contributed by atoms with Gasteiger partial charge >= 0.3 is 0 Å². The van der Waals surface area contributed by atoms with E-state index in [4.69, 9.17) is 10.5 Å². The molecule has 1 saturated carbocycles. The minimum Gasteiger partial charge on any atom is -0.371 e. The Labute approximate surface area is 86.0 Å². The molecule has 0 bridgehead atoms. The van der Waals surface area contributed by atoms with Gasteiger partial charge in [0.05, 0.1) is 6.10 Å². The van der Waals surface area contributed by atoms with E-state index in [0.29, 0.717) is 12.5 Å². The fourth-order valence-corrected chi connectivity index (χ4v) is 2.10. The number of nitrogens with two attached hydrogens (primary N) is 1. The molecular formula is C11H21NO2. The largest absolute Gasteiger partial charge is 0.371 e. The van der Waals surface area contributed by atoms with Gasteiger partial charge in [0.15, 0.2) is 5.78 Å². The van der Waals surface area contributed by atoms with Crippen LogP contribution in [0.15, 0.2) is 0 Å².